The lowest BCUT2D eigenvalue weighted by Crippen LogP contribution is -2.44. The number of hydrogen-bond donors (Lipinski definition) is 0. The first-order valence-electron chi connectivity index (χ1n) is 15.7. The lowest BCUT2D eigenvalue weighted by atomic mass is 9.86. The SMILES string of the molecule is CCCCCCCOc1ccc(-c2nc(-c3ccc(C[C@@H](C(=O)OC)N(C)C(=O)c4ccc(C(C)(C)C)cc4)cc3)no2)cc1. The van der Waals surface area contributed by atoms with Crippen LogP contribution in [0, 0.1) is 0 Å². The zero-order valence-electron chi connectivity index (χ0n) is 27.3. The summed E-state index contributed by atoms with van der Waals surface area (Å²) < 4.78 is 16.5. The van der Waals surface area contributed by atoms with E-state index in [0.29, 0.717) is 30.3 Å². The van der Waals surface area contributed by atoms with Crippen molar-refractivity contribution < 1.29 is 23.6 Å². The topological polar surface area (TPSA) is 94.8 Å². The molecule has 0 saturated heterocycles. The zero-order valence-corrected chi connectivity index (χ0v) is 27.3. The van der Waals surface area contributed by atoms with Gasteiger partial charge in [-0.15, -0.1) is 0 Å². The largest absolute Gasteiger partial charge is 0.494 e. The van der Waals surface area contributed by atoms with Crippen molar-refractivity contribution in [2.24, 2.45) is 0 Å². The maximum atomic E-state index is 13.3. The molecule has 0 spiro atoms. The Morgan fingerprint density at radius 2 is 1.51 bits per heavy atom. The summed E-state index contributed by atoms with van der Waals surface area (Å²) in [6.45, 7) is 9.29. The van der Waals surface area contributed by atoms with E-state index >= 15 is 0 Å². The Morgan fingerprint density at radius 3 is 2.13 bits per heavy atom. The number of aromatic nitrogens is 2. The van der Waals surface area contributed by atoms with E-state index in [1.165, 1.54) is 37.7 Å². The van der Waals surface area contributed by atoms with Crippen LogP contribution in [0.3, 0.4) is 0 Å². The molecule has 8 nitrogen and oxygen atoms in total. The van der Waals surface area contributed by atoms with E-state index in [9.17, 15) is 9.59 Å². The number of amides is 1. The Morgan fingerprint density at radius 1 is 0.867 bits per heavy atom. The zero-order chi connectivity index (χ0) is 32.4. The van der Waals surface area contributed by atoms with Crippen LogP contribution >= 0.6 is 0 Å². The van der Waals surface area contributed by atoms with Crippen LogP contribution in [-0.2, 0) is 21.4 Å². The summed E-state index contributed by atoms with van der Waals surface area (Å²) in [5, 5.41) is 4.16. The summed E-state index contributed by atoms with van der Waals surface area (Å²) in [6.07, 6.45) is 6.29. The van der Waals surface area contributed by atoms with Gasteiger partial charge >= 0.3 is 5.97 Å². The van der Waals surface area contributed by atoms with Crippen LogP contribution in [0.5, 0.6) is 5.75 Å². The average Bonchev–Trinajstić information content (AvgIpc) is 3.55. The molecule has 4 aromatic rings. The molecule has 3 aromatic carbocycles. The number of unbranched alkanes of at least 4 members (excludes halogenated alkanes) is 4. The van der Waals surface area contributed by atoms with Crippen molar-refractivity contribution in [1.82, 2.24) is 15.0 Å². The molecule has 1 heterocycles. The first kappa shape index (κ1) is 33.4. The molecular weight excluding hydrogens is 566 g/mol. The van der Waals surface area contributed by atoms with Gasteiger partial charge in [-0.05, 0) is 59.4 Å². The van der Waals surface area contributed by atoms with E-state index in [-0.39, 0.29) is 11.3 Å². The molecule has 1 aromatic heterocycles. The van der Waals surface area contributed by atoms with Crippen molar-refractivity contribution in [3.63, 3.8) is 0 Å². The fourth-order valence-electron chi connectivity index (χ4n) is 5.03. The van der Waals surface area contributed by atoms with E-state index in [1.54, 1.807) is 19.2 Å². The molecule has 0 aliphatic rings. The van der Waals surface area contributed by atoms with Gasteiger partial charge in [-0.25, -0.2) is 4.79 Å². The average molecular weight is 612 g/mol. The van der Waals surface area contributed by atoms with Gasteiger partial charge in [0.2, 0.25) is 5.82 Å². The van der Waals surface area contributed by atoms with Gasteiger partial charge in [0, 0.05) is 30.2 Å². The Labute approximate surface area is 266 Å². The predicted molar refractivity (Wildman–Crippen MR) is 176 cm³/mol. The summed E-state index contributed by atoms with van der Waals surface area (Å²) >= 11 is 0. The number of ether oxygens (including phenoxy) is 2. The van der Waals surface area contributed by atoms with E-state index in [0.717, 1.165) is 34.4 Å². The quantitative estimate of drug-likeness (QED) is 0.106. The number of carbonyl (C=O) groups excluding carboxylic acids is 2. The van der Waals surface area contributed by atoms with Crippen LogP contribution in [0.15, 0.2) is 77.3 Å². The third-order valence-electron chi connectivity index (χ3n) is 7.94. The lowest BCUT2D eigenvalue weighted by Gasteiger charge is -2.27. The molecule has 238 valence electrons. The second-order valence-corrected chi connectivity index (χ2v) is 12.4. The van der Waals surface area contributed by atoms with Crippen molar-refractivity contribution in [3.8, 4) is 28.6 Å². The molecule has 8 heteroatoms. The van der Waals surface area contributed by atoms with Crippen LogP contribution < -0.4 is 4.74 Å². The minimum atomic E-state index is -0.791. The molecule has 0 unspecified atom stereocenters. The molecule has 0 aliphatic heterocycles. The van der Waals surface area contributed by atoms with Crippen LogP contribution in [-0.4, -0.2) is 53.7 Å². The fourth-order valence-corrected chi connectivity index (χ4v) is 5.03. The second kappa shape index (κ2) is 15.5. The van der Waals surface area contributed by atoms with Gasteiger partial charge < -0.3 is 18.9 Å². The van der Waals surface area contributed by atoms with Gasteiger partial charge in [-0.3, -0.25) is 4.79 Å². The maximum absolute atomic E-state index is 13.3. The summed E-state index contributed by atoms with van der Waals surface area (Å²) in [6, 6.07) is 21.9. The van der Waals surface area contributed by atoms with Crippen molar-refractivity contribution in [2.75, 3.05) is 20.8 Å². The molecule has 0 N–H and O–H groups in total. The molecule has 0 bridgehead atoms. The number of esters is 1. The predicted octanol–water partition coefficient (Wildman–Crippen LogP) is 7.91. The number of methoxy groups -OCH3 is 1. The highest BCUT2D eigenvalue weighted by Crippen LogP contribution is 2.26. The van der Waals surface area contributed by atoms with Crippen LogP contribution in [0.25, 0.3) is 22.8 Å². The molecule has 0 aliphatic carbocycles. The molecule has 0 radical (unpaired) electrons. The Balaban J connectivity index is 1.38. The minimum absolute atomic E-state index is 0.0228. The summed E-state index contributed by atoms with van der Waals surface area (Å²) in [7, 11) is 2.96. The number of likely N-dealkylation sites (N-methyl/N-ethyl adjacent to an activating group) is 1. The normalized spacial score (nSPS) is 12.0. The fraction of sp³-hybridized carbons (Fsp3) is 0.405. The lowest BCUT2D eigenvalue weighted by molar-refractivity contribution is -0.145. The molecule has 45 heavy (non-hydrogen) atoms. The third kappa shape index (κ3) is 9.03. The number of rotatable bonds is 14. The summed E-state index contributed by atoms with van der Waals surface area (Å²) in [5.74, 6) is 0.970. The monoisotopic (exact) mass is 611 g/mol. The van der Waals surface area contributed by atoms with Gasteiger partial charge in [0.05, 0.1) is 13.7 Å². The van der Waals surface area contributed by atoms with Gasteiger partial charge in [-0.2, -0.15) is 4.98 Å². The molecule has 4 rings (SSSR count). The highest BCUT2D eigenvalue weighted by molar-refractivity contribution is 5.96. The minimum Gasteiger partial charge on any atom is -0.494 e. The Kier molecular flexibility index (Phi) is 11.5. The van der Waals surface area contributed by atoms with Crippen molar-refractivity contribution in [2.45, 2.75) is 77.7 Å². The van der Waals surface area contributed by atoms with E-state index in [1.807, 2.05) is 60.7 Å². The van der Waals surface area contributed by atoms with E-state index in [4.69, 9.17) is 14.0 Å². The van der Waals surface area contributed by atoms with Crippen molar-refractivity contribution in [3.05, 3.63) is 89.5 Å². The molecule has 0 fully saturated rings. The first-order valence-corrected chi connectivity index (χ1v) is 15.7. The number of nitrogens with zero attached hydrogens (tertiary/aromatic N) is 3. The van der Waals surface area contributed by atoms with Crippen LogP contribution in [0.1, 0.15) is 81.3 Å². The Hall–Kier alpha value is -4.46. The summed E-state index contributed by atoms with van der Waals surface area (Å²) in [5.41, 5.74) is 4.07. The number of hydrogen-bond acceptors (Lipinski definition) is 7. The number of benzene rings is 3. The van der Waals surface area contributed by atoms with E-state index < -0.39 is 12.0 Å². The highest BCUT2D eigenvalue weighted by atomic mass is 16.5. The smallest absolute Gasteiger partial charge is 0.328 e. The first-order chi connectivity index (χ1) is 21.6. The molecule has 1 atom stereocenters. The molecular formula is C37H45N3O5. The van der Waals surface area contributed by atoms with Gasteiger partial charge in [0.25, 0.3) is 11.8 Å². The van der Waals surface area contributed by atoms with Crippen molar-refractivity contribution >= 4 is 11.9 Å². The molecule has 0 saturated carbocycles. The Bertz CT molecular complexity index is 1520. The second-order valence-electron chi connectivity index (χ2n) is 12.4. The van der Waals surface area contributed by atoms with Crippen LogP contribution in [0.2, 0.25) is 0 Å². The molecule has 1 amide bonds. The van der Waals surface area contributed by atoms with E-state index in [2.05, 4.69) is 37.8 Å². The highest BCUT2D eigenvalue weighted by Gasteiger charge is 2.29. The van der Waals surface area contributed by atoms with Gasteiger partial charge in [-0.1, -0.05) is 94.9 Å². The van der Waals surface area contributed by atoms with Crippen LogP contribution in [0.4, 0.5) is 0 Å². The standard InChI is InChI=1S/C37H45N3O5/c1-7-8-9-10-11-24-44-31-22-18-28(19-23-31)34-38-33(39-45-34)27-14-12-26(13-15-27)25-32(36(42)43-6)40(5)35(41)29-16-20-30(21-17-29)37(2,3)4/h12-23,32H,7-11,24-25H2,1-6H3/t32-/m0/s1. The number of carbonyl (C=O) groups is 2. The third-order valence-corrected chi connectivity index (χ3v) is 7.94. The summed E-state index contributed by atoms with van der Waals surface area (Å²) in [4.78, 5) is 32.1. The van der Waals surface area contributed by atoms with Gasteiger partial charge in [0.15, 0.2) is 0 Å². The maximum Gasteiger partial charge on any atom is 0.328 e. The van der Waals surface area contributed by atoms with Gasteiger partial charge in [0.1, 0.15) is 11.8 Å². The van der Waals surface area contributed by atoms with Crippen molar-refractivity contribution in [1.29, 1.82) is 0 Å².